The predicted molar refractivity (Wildman–Crippen MR) is 143 cm³/mol. The number of H-pyrrole nitrogens is 1. The zero-order valence-electron chi connectivity index (χ0n) is 21.7. The lowest BCUT2D eigenvalue weighted by atomic mass is 10.2. The van der Waals surface area contributed by atoms with Gasteiger partial charge < -0.3 is 14.0 Å². The minimum atomic E-state index is -4.12. The van der Waals surface area contributed by atoms with E-state index >= 15 is 0 Å². The molecule has 0 amide bonds. The molecule has 0 spiro atoms. The van der Waals surface area contributed by atoms with Crippen molar-refractivity contribution in [1.82, 2.24) is 14.6 Å². The van der Waals surface area contributed by atoms with Gasteiger partial charge in [0.05, 0.1) is 6.61 Å². The fourth-order valence-corrected chi connectivity index (χ4v) is 5.28. The molecule has 11 nitrogen and oxygen atoms in total. The second-order valence-corrected chi connectivity index (χ2v) is 10.7. The van der Waals surface area contributed by atoms with Gasteiger partial charge in [-0.15, -0.1) is 0 Å². The third-order valence-corrected chi connectivity index (χ3v) is 7.50. The quantitative estimate of drug-likeness (QED) is 0.207. The van der Waals surface area contributed by atoms with Gasteiger partial charge in [-0.1, -0.05) is 54.6 Å². The molecule has 0 fully saturated rings. The van der Waals surface area contributed by atoms with E-state index in [1.165, 1.54) is 17.7 Å². The van der Waals surface area contributed by atoms with E-state index in [-0.39, 0.29) is 13.2 Å². The number of carbonyl (C=O) groups excluding carboxylic acids is 1. The van der Waals surface area contributed by atoms with Crippen molar-refractivity contribution in [2.45, 2.75) is 45.8 Å². The molecule has 1 aliphatic rings. The molecule has 0 bridgehead atoms. The number of ether oxygens (including phenoxy) is 2. The number of aryl methyl sites for hydroxylation is 2. The lowest BCUT2D eigenvalue weighted by Gasteiger charge is -2.24. The summed E-state index contributed by atoms with van der Waals surface area (Å²) in [5.74, 6) is -0.324. The summed E-state index contributed by atoms with van der Waals surface area (Å²) in [6, 6.07) is 15.1. The number of esters is 1. The highest BCUT2D eigenvalue weighted by molar-refractivity contribution is 7.52. The smallest absolute Gasteiger partial charge is 0.459 e. The molecule has 0 radical (unpaired) electrons. The second kappa shape index (κ2) is 12.4. The van der Waals surface area contributed by atoms with Gasteiger partial charge in [-0.2, -0.15) is 5.09 Å². The molecule has 2 heterocycles. The average molecular weight is 556 g/mol. The Bertz CT molecular complexity index is 1500. The second-order valence-electron chi connectivity index (χ2n) is 9.02. The largest absolute Gasteiger partial charge is 0.460 e. The average Bonchev–Trinajstić information content (AvgIpc) is 3.39. The Morgan fingerprint density at radius 1 is 1.08 bits per heavy atom. The van der Waals surface area contributed by atoms with Crippen molar-refractivity contribution in [3.05, 3.63) is 110 Å². The van der Waals surface area contributed by atoms with Crippen molar-refractivity contribution in [3.63, 3.8) is 0 Å². The zero-order chi connectivity index (χ0) is 28.0. The van der Waals surface area contributed by atoms with Gasteiger partial charge in [0.1, 0.15) is 24.5 Å². The number of nitrogens with zero attached hydrogens (tertiary/aromatic N) is 1. The van der Waals surface area contributed by atoms with E-state index in [9.17, 15) is 18.9 Å². The van der Waals surface area contributed by atoms with Gasteiger partial charge in [-0.05, 0) is 44.0 Å². The molecule has 1 aromatic heterocycles. The van der Waals surface area contributed by atoms with Crippen molar-refractivity contribution >= 4 is 13.7 Å². The summed E-state index contributed by atoms with van der Waals surface area (Å²) in [5.41, 5.74) is 0.770. The normalized spacial score (nSPS) is 18.8. The fourth-order valence-electron chi connectivity index (χ4n) is 3.71. The van der Waals surface area contributed by atoms with E-state index in [4.69, 9.17) is 18.5 Å². The minimum Gasteiger partial charge on any atom is -0.460 e. The molecule has 1 aliphatic heterocycles. The SMILES string of the molecule is Cc1ccccc1OP(=O)(N[C@@H](C)C(=O)OCc1ccccc1)OC[C@@H]1C=C[C@H](n2cc(C)c(=O)[nH]c2=O)O1. The van der Waals surface area contributed by atoms with Gasteiger partial charge in [0, 0.05) is 11.8 Å². The lowest BCUT2D eigenvalue weighted by molar-refractivity contribution is -0.146. The maximum atomic E-state index is 13.8. The summed E-state index contributed by atoms with van der Waals surface area (Å²) in [7, 11) is -4.12. The van der Waals surface area contributed by atoms with Crippen LogP contribution in [-0.2, 0) is 30.0 Å². The molecule has 3 aromatic rings. The molecular formula is C27H30N3O8P. The monoisotopic (exact) mass is 555 g/mol. The summed E-state index contributed by atoms with van der Waals surface area (Å²) in [6.45, 7) is 4.70. The van der Waals surface area contributed by atoms with Crippen LogP contribution in [0.5, 0.6) is 5.75 Å². The van der Waals surface area contributed by atoms with Gasteiger partial charge in [0.2, 0.25) is 0 Å². The number of aromatic nitrogens is 2. The van der Waals surface area contributed by atoms with Crippen molar-refractivity contribution in [2.75, 3.05) is 6.61 Å². The van der Waals surface area contributed by atoms with Crippen LogP contribution in [0.1, 0.15) is 29.8 Å². The Kier molecular flexibility index (Phi) is 8.98. The standard InChI is InChI=1S/C27H30N3O8P/c1-18-9-7-8-12-23(18)38-39(34,29-20(3)26(32)35-16-21-10-5-4-6-11-21)36-17-22-13-14-24(37-22)30-15-19(2)25(31)28-27(30)33/h4-15,20,22,24H,16-17H2,1-3H3,(H,29,34)(H,28,31,33)/t20-,22-,24+,39?/m0/s1. The first-order valence-electron chi connectivity index (χ1n) is 12.3. The zero-order valence-corrected chi connectivity index (χ0v) is 22.6. The molecule has 4 rings (SSSR count). The first kappa shape index (κ1) is 28.3. The van der Waals surface area contributed by atoms with Crippen molar-refractivity contribution in [3.8, 4) is 5.75 Å². The molecule has 206 valence electrons. The molecule has 1 unspecified atom stereocenters. The summed E-state index contributed by atoms with van der Waals surface area (Å²) in [4.78, 5) is 38.8. The number of para-hydroxylation sites is 1. The number of rotatable bonds is 11. The van der Waals surface area contributed by atoms with E-state index in [1.54, 1.807) is 44.2 Å². The lowest BCUT2D eigenvalue weighted by Crippen LogP contribution is -2.36. The number of aromatic amines is 1. The van der Waals surface area contributed by atoms with E-state index < -0.39 is 43.3 Å². The Labute approximate surface area is 225 Å². The summed E-state index contributed by atoms with van der Waals surface area (Å²) < 4.78 is 37.7. The number of hydrogen-bond acceptors (Lipinski definition) is 8. The highest BCUT2D eigenvalue weighted by Gasteiger charge is 2.34. The first-order chi connectivity index (χ1) is 18.6. The van der Waals surface area contributed by atoms with Gasteiger partial charge in [-0.25, -0.2) is 9.36 Å². The van der Waals surface area contributed by atoms with Gasteiger partial charge in [0.15, 0.2) is 6.23 Å². The van der Waals surface area contributed by atoms with Crippen LogP contribution in [0.15, 0.2) is 82.5 Å². The number of hydrogen-bond donors (Lipinski definition) is 2. The van der Waals surface area contributed by atoms with Gasteiger partial charge >= 0.3 is 19.4 Å². The molecule has 4 atom stereocenters. The predicted octanol–water partition coefficient (Wildman–Crippen LogP) is 3.53. The number of benzene rings is 2. The Morgan fingerprint density at radius 2 is 1.79 bits per heavy atom. The Balaban J connectivity index is 1.43. The molecular weight excluding hydrogens is 525 g/mol. The van der Waals surface area contributed by atoms with Crippen LogP contribution in [-0.4, -0.2) is 34.3 Å². The maximum Gasteiger partial charge on any atom is 0.459 e. The molecule has 39 heavy (non-hydrogen) atoms. The minimum absolute atomic E-state index is 0.0567. The van der Waals surface area contributed by atoms with Crippen LogP contribution in [0.2, 0.25) is 0 Å². The van der Waals surface area contributed by atoms with Crippen LogP contribution in [0.3, 0.4) is 0 Å². The van der Waals surface area contributed by atoms with Crippen LogP contribution < -0.4 is 20.9 Å². The van der Waals surface area contributed by atoms with Crippen molar-refractivity contribution in [1.29, 1.82) is 0 Å². The summed E-state index contributed by atoms with van der Waals surface area (Å²) in [6.07, 6.45) is 3.18. The van der Waals surface area contributed by atoms with Gasteiger partial charge in [0.25, 0.3) is 5.56 Å². The van der Waals surface area contributed by atoms with E-state index in [0.717, 1.165) is 5.56 Å². The maximum absolute atomic E-state index is 13.8. The Hall–Kier alpha value is -3.76. The number of nitrogens with one attached hydrogen (secondary N) is 2. The highest BCUT2D eigenvalue weighted by atomic mass is 31.2. The van der Waals surface area contributed by atoms with E-state index in [2.05, 4.69) is 10.1 Å². The van der Waals surface area contributed by atoms with Crippen LogP contribution in [0.25, 0.3) is 0 Å². The van der Waals surface area contributed by atoms with Gasteiger partial charge in [-0.3, -0.25) is 23.7 Å². The van der Waals surface area contributed by atoms with Crippen molar-refractivity contribution in [2.24, 2.45) is 0 Å². The summed E-state index contributed by atoms with van der Waals surface area (Å²) in [5, 5.41) is 2.66. The third kappa shape index (κ3) is 7.42. The van der Waals surface area contributed by atoms with Crippen molar-refractivity contribution < 1.29 is 27.9 Å². The molecule has 12 heteroatoms. The van der Waals surface area contributed by atoms with E-state index in [0.29, 0.717) is 16.9 Å². The summed E-state index contributed by atoms with van der Waals surface area (Å²) >= 11 is 0. The van der Waals surface area contributed by atoms with Crippen LogP contribution in [0.4, 0.5) is 0 Å². The fraction of sp³-hybridized carbons (Fsp3) is 0.296. The topological polar surface area (TPSA) is 138 Å². The molecule has 0 aliphatic carbocycles. The molecule has 0 saturated heterocycles. The Morgan fingerprint density at radius 3 is 2.54 bits per heavy atom. The molecule has 2 N–H and O–H groups in total. The van der Waals surface area contributed by atoms with E-state index in [1.807, 2.05) is 36.4 Å². The highest BCUT2D eigenvalue weighted by Crippen LogP contribution is 2.46. The van der Waals surface area contributed by atoms with Crippen LogP contribution in [0, 0.1) is 13.8 Å². The number of carbonyl (C=O) groups is 1. The molecule has 2 aromatic carbocycles. The third-order valence-electron chi connectivity index (χ3n) is 5.87. The first-order valence-corrected chi connectivity index (χ1v) is 13.8. The molecule has 0 saturated carbocycles. The van der Waals surface area contributed by atoms with Crippen LogP contribution >= 0.6 is 7.75 Å².